The number of hydrogen-bond acceptors (Lipinski definition) is 2. The molecule has 5 rings (SSSR count). The molecule has 4 saturated carbocycles. The van der Waals surface area contributed by atoms with Gasteiger partial charge in [-0.2, -0.15) is 0 Å². The Balaban J connectivity index is 1.70. The summed E-state index contributed by atoms with van der Waals surface area (Å²) in [5, 5.41) is 3.71. The standard InChI is InChI=1S/C17H24BrNS/c1-10-14(18)6-15(20-10)16(19-2)17-7-11-3-12(8-17)5-13(4-11)9-17/h6,11-13,16,19H,3-5,7-9H2,1-2H3. The second-order valence-corrected chi connectivity index (χ2v) is 9.70. The second kappa shape index (κ2) is 4.82. The highest BCUT2D eigenvalue weighted by Crippen LogP contribution is 2.64. The van der Waals surface area contributed by atoms with E-state index in [1.54, 1.807) is 4.88 Å². The smallest absolute Gasteiger partial charge is 0.0470 e. The third-order valence-electron chi connectivity index (χ3n) is 6.15. The molecule has 1 atom stereocenters. The predicted octanol–water partition coefficient (Wildman–Crippen LogP) is 5.30. The molecule has 0 saturated heterocycles. The van der Waals surface area contributed by atoms with Crippen molar-refractivity contribution in [3.8, 4) is 0 Å². The summed E-state index contributed by atoms with van der Waals surface area (Å²) in [6, 6.07) is 2.95. The number of nitrogens with one attached hydrogen (secondary N) is 1. The highest BCUT2D eigenvalue weighted by Gasteiger charge is 2.54. The first-order chi connectivity index (χ1) is 9.59. The van der Waals surface area contributed by atoms with Crippen LogP contribution in [-0.2, 0) is 0 Å². The summed E-state index contributed by atoms with van der Waals surface area (Å²) in [7, 11) is 2.17. The van der Waals surface area contributed by atoms with E-state index < -0.39 is 0 Å². The van der Waals surface area contributed by atoms with E-state index in [-0.39, 0.29) is 0 Å². The van der Waals surface area contributed by atoms with Crippen LogP contribution in [0.15, 0.2) is 10.5 Å². The van der Waals surface area contributed by atoms with Crippen LogP contribution in [0.3, 0.4) is 0 Å². The maximum atomic E-state index is 3.71. The highest BCUT2D eigenvalue weighted by molar-refractivity contribution is 9.10. The zero-order valence-corrected chi connectivity index (χ0v) is 14.8. The van der Waals surface area contributed by atoms with Crippen LogP contribution in [0.25, 0.3) is 0 Å². The lowest BCUT2D eigenvalue weighted by molar-refractivity contribution is -0.0729. The van der Waals surface area contributed by atoms with Crippen LogP contribution in [0.1, 0.15) is 54.3 Å². The molecule has 0 amide bonds. The Morgan fingerprint density at radius 2 is 1.75 bits per heavy atom. The number of thiophene rings is 1. The van der Waals surface area contributed by atoms with Crippen LogP contribution < -0.4 is 5.32 Å². The molecule has 110 valence electrons. The van der Waals surface area contributed by atoms with Gasteiger partial charge >= 0.3 is 0 Å². The molecule has 1 aromatic heterocycles. The van der Waals surface area contributed by atoms with E-state index in [0.717, 1.165) is 17.8 Å². The fourth-order valence-electron chi connectivity index (χ4n) is 5.91. The van der Waals surface area contributed by atoms with E-state index in [4.69, 9.17) is 0 Å². The maximum absolute atomic E-state index is 3.71. The van der Waals surface area contributed by atoms with Crippen molar-refractivity contribution >= 4 is 27.3 Å². The van der Waals surface area contributed by atoms with Crippen molar-refractivity contribution < 1.29 is 0 Å². The zero-order chi connectivity index (χ0) is 13.9. The average Bonchev–Trinajstić information content (AvgIpc) is 2.67. The molecule has 4 aliphatic carbocycles. The molecule has 0 aliphatic heterocycles. The van der Waals surface area contributed by atoms with Crippen molar-refractivity contribution in [1.82, 2.24) is 5.32 Å². The third kappa shape index (κ3) is 2.04. The van der Waals surface area contributed by atoms with E-state index in [1.807, 2.05) is 11.3 Å². The normalized spacial score (nSPS) is 40.2. The van der Waals surface area contributed by atoms with Crippen molar-refractivity contribution in [2.75, 3.05) is 7.05 Å². The van der Waals surface area contributed by atoms with Crippen molar-refractivity contribution in [1.29, 1.82) is 0 Å². The van der Waals surface area contributed by atoms with Gasteiger partial charge in [-0.05, 0) is 97.7 Å². The first-order valence-corrected chi connectivity index (χ1v) is 9.63. The molecule has 1 heterocycles. The maximum Gasteiger partial charge on any atom is 0.0470 e. The topological polar surface area (TPSA) is 12.0 Å². The van der Waals surface area contributed by atoms with Gasteiger partial charge in [0.2, 0.25) is 0 Å². The van der Waals surface area contributed by atoms with Crippen LogP contribution in [-0.4, -0.2) is 7.05 Å². The van der Waals surface area contributed by atoms with Crippen LogP contribution in [0.5, 0.6) is 0 Å². The van der Waals surface area contributed by atoms with Gasteiger partial charge in [0.1, 0.15) is 0 Å². The summed E-state index contributed by atoms with van der Waals surface area (Å²) in [5.41, 5.74) is 0.556. The average molecular weight is 354 g/mol. The largest absolute Gasteiger partial charge is 0.312 e. The van der Waals surface area contributed by atoms with Crippen molar-refractivity contribution in [2.24, 2.45) is 23.2 Å². The summed E-state index contributed by atoms with van der Waals surface area (Å²) < 4.78 is 1.29. The van der Waals surface area contributed by atoms with Crippen LogP contribution in [0.4, 0.5) is 0 Å². The van der Waals surface area contributed by atoms with E-state index in [2.05, 4.69) is 41.3 Å². The minimum Gasteiger partial charge on any atom is -0.312 e. The lowest BCUT2D eigenvalue weighted by Gasteiger charge is -2.59. The molecule has 1 unspecified atom stereocenters. The molecule has 1 N–H and O–H groups in total. The molecule has 4 bridgehead atoms. The number of aryl methyl sites for hydroxylation is 1. The van der Waals surface area contributed by atoms with Gasteiger partial charge in [-0.15, -0.1) is 11.3 Å². The Morgan fingerprint density at radius 1 is 1.20 bits per heavy atom. The zero-order valence-electron chi connectivity index (χ0n) is 12.4. The van der Waals surface area contributed by atoms with Gasteiger partial charge in [0.05, 0.1) is 0 Å². The van der Waals surface area contributed by atoms with Crippen LogP contribution in [0, 0.1) is 30.1 Å². The number of halogens is 1. The van der Waals surface area contributed by atoms with Gasteiger partial charge in [-0.3, -0.25) is 0 Å². The predicted molar refractivity (Wildman–Crippen MR) is 89.2 cm³/mol. The van der Waals surface area contributed by atoms with Gasteiger partial charge in [0.15, 0.2) is 0 Å². The Morgan fingerprint density at radius 3 is 2.15 bits per heavy atom. The Labute approximate surface area is 134 Å². The van der Waals surface area contributed by atoms with E-state index in [1.165, 1.54) is 47.9 Å². The van der Waals surface area contributed by atoms with Crippen molar-refractivity contribution in [3.05, 3.63) is 20.3 Å². The van der Waals surface area contributed by atoms with Crippen molar-refractivity contribution in [3.63, 3.8) is 0 Å². The Hall–Kier alpha value is 0.140. The fraction of sp³-hybridized carbons (Fsp3) is 0.765. The second-order valence-electron chi connectivity index (χ2n) is 7.55. The van der Waals surface area contributed by atoms with E-state index >= 15 is 0 Å². The first-order valence-electron chi connectivity index (χ1n) is 8.03. The van der Waals surface area contributed by atoms with Crippen LogP contribution >= 0.6 is 27.3 Å². The van der Waals surface area contributed by atoms with Gasteiger partial charge in [-0.25, -0.2) is 0 Å². The van der Waals surface area contributed by atoms with E-state index in [0.29, 0.717) is 11.5 Å². The lowest BCUT2D eigenvalue weighted by atomic mass is 9.47. The molecule has 20 heavy (non-hydrogen) atoms. The Kier molecular flexibility index (Phi) is 3.32. The minimum atomic E-state index is 0.556. The number of rotatable bonds is 3. The lowest BCUT2D eigenvalue weighted by Crippen LogP contribution is -2.51. The molecular formula is C17H24BrNS. The summed E-state index contributed by atoms with van der Waals surface area (Å²) >= 11 is 5.69. The van der Waals surface area contributed by atoms with Gasteiger partial charge in [0, 0.05) is 20.3 Å². The molecular weight excluding hydrogens is 330 g/mol. The summed E-state index contributed by atoms with van der Waals surface area (Å²) in [6.45, 7) is 2.23. The quantitative estimate of drug-likeness (QED) is 0.777. The molecule has 1 aromatic rings. The molecule has 0 spiro atoms. The summed E-state index contributed by atoms with van der Waals surface area (Å²) in [5.74, 6) is 3.09. The van der Waals surface area contributed by atoms with E-state index in [9.17, 15) is 0 Å². The molecule has 0 radical (unpaired) electrons. The molecule has 4 fully saturated rings. The monoisotopic (exact) mass is 353 g/mol. The van der Waals surface area contributed by atoms with Crippen LogP contribution in [0.2, 0.25) is 0 Å². The number of hydrogen-bond donors (Lipinski definition) is 1. The summed E-state index contributed by atoms with van der Waals surface area (Å²) in [6.07, 6.45) is 9.01. The van der Waals surface area contributed by atoms with Gasteiger partial charge in [-0.1, -0.05) is 0 Å². The SMILES string of the molecule is CNC(c1cc(Br)c(C)s1)C12CC3CC(CC(C3)C1)C2. The fourth-order valence-corrected chi connectivity index (χ4v) is 7.72. The minimum absolute atomic E-state index is 0.556. The molecule has 1 nitrogen and oxygen atoms in total. The first kappa shape index (κ1) is 13.8. The molecule has 4 aliphatic rings. The highest BCUT2D eigenvalue weighted by atomic mass is 79.9. The molecule has 3 heteroatoms. The van der Waals surface area contributed by atoms with Crippen molar-refractivity contribution in [2.45, 2.75) is 51.5 Å². The molecule has 0 aromatic carbocycles. The Bertz CT molecular complexity index is 466. The third-order valence-corrected chi connectivity index (χ3v) is 8.35. The van der Waals surface area contributed by atoms with Gasteiger partial charge < -0.3 is 5.32 Å². The van der Waals surface area contributed by atoms with Gasteiger partial charge in [0.25, 0.3) is 0 Å². The summed E-state index contributed by atoms with van der Waals surface area (Å²) in [4.78, 5) is 2.98.